The third-order valence-electron chi connectivity index (χ3n) is 4.30. The number of oxazole rings is 1. The number of piperazine rings is 1. The van der Waals surface area contributed by atoms with Crippen molar-refractivity contribution >= 4 is 0 Å². The van der Waals surface area contributed by atoms with E-state index >= 15 is 0 Å². The Hall–Kier alpha value is -1.86. The molecule has 0 radical (unpaired) electrons. The van der Waals surface area contributed by atoms with Gasteiger partial charge in [0, 0.05) is 38.3 Å². The predicted octanol–water partition coefficient (Wildman–Crippen LogP) is 3.42. The van der Waals surface area contributed by atoms with Gasteiger partial charge in [0.15, 0.2) is 0 Å². The summed E-state index contributed by atoms with van der Waals surface area (Å²) in [7, 11) is 2.09. The van der Waals surface area contributed by atoms with E-state index in [-0.39, 0.29) is 5.89 Å². The Morgan fingerprint density at radius 3 is 2.54 bits per heavy atom. The molecule has 0 amide bonds. The molecule has 130 valence electrons. The zero-order valence-corrected chi connectivity index (χ0v) is 13.7. The summed E-state index contributed by atoms with van der Waals surface area (Å²) in [5.41, 5.74) is 0.431. The fraction of sp³-hybridized carbons (Fsp3) is 0.471. The summed E-state index contributed by atoms with van der Waals surface area (Å²) in [6, 6.07) is 5.08. The number of hydrogen-bond acceptors (Lipinski definition) is 4. The number of rotatable bonds is 3. The summed E-state index contributed by atoms with van der Waals surface area (Å²) >= 11 is 0. The van der Waals surface area contributed by atoms with Gasteiger partial charge in [0.25, 0.3) is 0 Å². The first kappa shape index (κ1) is 17.0. The highest BCUT2D eigenvalue weighted by atomic mass is 19.4. The van der Waals surface area contributed by atoms with Crippen LogP contribution in [0.1, 0.15) is 17.0 Å². The Balaban J connectivity index is 1.79. The minimum atomic E-state index is -4.37. The average Bonchev–Trinajstić information content (AvgIpc) is 2.90. The number of hydrogen-bond donors (Lipinski definition) is 0. The van der Waals surface area contributed by atoms with E-state index in [1.807, 2.05) is 0 Å². The van der Waals surface area contributed by atoms with Crippen molar-refractivity contribution in [3.63, 3.8) is 0 Å². The molecule has 3 rings (SSSR count). The van der Waals surface area contributed by atoms with Gasteiger partial charge in [-0.25, -0.2) is 4.98 Å². The standard InChI is InChI=1S/C17H20F3N3O/c1-12-15(11-23-8-6-22(2)7-9-23)21-16(24-12)13-4-3-5-14(10-13)17(18,19)20/h3-5,10H,6-9,11H2,1-2H3. The van der Waals surface area contributed by atoms with E-state index in [2.05, 4.69) is 21.8 Å². The topological polar surface area (TPSA) is 32.5 Å². The number of alkyl halides is 3. The molecule has 2 aromatic rings. The lowest BCUT2D eigenvalue weighted by molar-refractivity contribution is -0.137. The van der Waals surface area contributed by atoms with E-state index in [0.29, 0.717) is 17.9 Å². The van der Waals surface area contributed by atoms with E-state index in [4.69, 9.17) is 4.42 Å². The molecule has 1 aliphatic heterocycles. The number of nitrogens with zero attached hydrogens (tertiary/aromatic N) is 3. The molecular weight excluding hydrogens is 319 g/mol. The molecule has 4 nitrogen and oxygen atoms in total. The van der Waals surface area contributed by atoms with E-state index < -0.39 is 11.7 Å². The summed E-state index contributed by atoms with van der Waals surface area (Å²) in [5, 5.41) is 0. The molecule has 1 fully saturated rings. The van der Waals surface area contributed by atoms with Crippen molar-refractivity contribution in [2.24, 2.45) is 0 Å². The van der Waals surface area contributed by atoms with Crippen LogP contribution in [-0.2, 0) is 12.7 Å². The molecule has 0 bridgehead atoms. The average molecular weight is 339 g/mol. The molecule has 1 aromatic carbocycles. The monoisotopic (exact) mass is 339 g/mol. The quantitative estimate of drug-likeness (QED) is 0.858. The second-order valence-electron chi connectivity index (χ2n) is 6.18. The van der Waals surface area contributed by atoms with Crippen LogP contribution in [0.2, 0.25) is 0 Å². The molecule has 24 heavy (non-hydrogen) atoms. The number of aryl methyl sites for hydroxylation is 1. The van der Waals surface area contributed by atoms with Crippen LogP contribution in [0, 0.1) is 6.92 Å². The van der Waals surface area contributed by atoms with Crippen LogP contribution in [0.15, 0.2) is 28.7 Å². The zero-order chi connectivity index (χ0) is 17.3. The smallest absolute Gasteiger partial charge is 0.416 e. The Labute approximate surface area is 138 Å². The molecule has 1 aromatic heterocycles. The predicted molar refractivity (Wildman–Crippen MR) is 84.5 cm³/mol. The lowest BCUT2D eigenvalue weighted by atomic mass is 10.1. The normalized spacial score (nSPS) is 17.4. The van der Waals surface area contributed by atoms with E-state index in [1.165, 1.54) is 6.07 Å². The van der Waals surface area contributed by atoms with Crippen LogP contribution in [-0.4, -0.2) is 48.0 Å². The Kier molecular flexibility index (Phi) is 4.64. The van der Waals surface area contributed by atoms with Crippen LogP contribution >= 0.6 is 0 Å². The van der Waals surface area contributed by atoms with Crippen molar-refractivity contribution in [1.82, 2.24) is 14.8 Å². The van der Waals surface area contributed by atoms with Crippen LogP contribution in [0.4, 0.5) is 13.2 Å². The van der Waals surface area contributed by atoms with Crippen molar-refractivity contribution in [2.45, 2.75) is 19.6 Å². The maximum Gasteiger partial charge on any atom is 0.416 e. The van der Waals surface area contributed by atoms with Crippen molar-refractivity contribution in [1.29, 1.82) is 0 Å². The minimum Gasteiger partial charge on any atom is -0.441 e. The van der Waals surface area contributed by atoms with Gasteiger partial charge in [-0.05, 0) is 32.2 Å². The van der Waals surface area contributed by atoms with E-state index in [9.17, 15) is 13.2 Å². The van der Waals surface area contributed by atoms with Gasteiger partial charge in [0.1, 0.15) is 5.76 Å². The molecule has 0 N–H and O–H groups in total. The Morgan fingerprint density at radius 2 is 1.88 bits per heavy atom. The first-order valence-electron chi connectivity index (χ1n) is 7.88. The number of benzene rings is 1. The third kappa shape index (κ3) is 3.79. The highest BCUT2D eigenvalue weighted by Gasteiger charge is 2.31. The highest BCUT2D eigenvalue weighted by Crippen LogP contribution is 2.32. The Morgan fingerprint density at radius 1 is 1.17 bits per heavy atom. The first-order chi connectivity index (χ1) is 11.3. The second kappa shape index (κ2) is 6.57. The number of aromatic nitrogens is 1. The van der Waals surface area contributed by atoms with Crippen molar-refractivity contribution in [2.75, 3.05) is 33.2 Å². The molecule has 2 heterocycles. The summed E-state index contributed by atoms with van der Waals surface area (Å²) in [6.07, 6.45) is -4.37. The fourth-order valence-corrected chi connectivity index (χ4v) is 2.74. The maximum atomic E-state index is 12.8. The van der Waals surface area contributed by atoms with Gasteiger partial charge in [-0.3, -0.25) is 4.90 Å². The van der Waals surface area contributed by atoms with Gasteiger partial charge < -0.3 is 9.32 Å². The summed E-state index contributed by atoms with van der Waals surface area (Å²) < 4.78 is 44.2. The van der Waals surface area contributed by atoms with Gasteiger partial charge in [-0.15, -0.1) is 0 Å². The molecule has 7 heteroatoms. The lowest BCUT2D eigenvalue weighted by Crippen LogP contribution is -2.44. The molecular formula is C17H20F3N3O. The largest absolute Gasteiger partial charge is 0.441 e. The van der Waals surface area contributed by atoms with Gasteiger partial charge in [-0.2, -0.15) is 13.2 Å². The summed E-state index contributed by atoms with van der Waals surface area (Å²) in [6.45, 7) is 6.34. The first-order valence-corrected chi connectivity index (χ1v) is 7.88. The second-order valence-corrected chi connectivity index (χ2v) is 6.18. The van der Waals surface area contributed by atoms with E-state index in [0.717, 1.165) is 44.0 Å². The summed E-state index contributed by atoms with van der Waals surface area (Å²) in [5.74, 6) is 0.893. The van der Waals surface area contributed by atoms with Crippen LogP contribution in [0.25, 0.3) is 11.5 Å². The van der Waals surface area contributed by atoms with Gasteiger partial charge in [0.2, 0.25) is 5.89 Å². The van der Waals surface area contributed by atoms with Crippen LogP contribution in [0.3, 0.4) is 0 Å². The van der Waals surface area contributed by atoms with E-state index in [1.54, 1.807) is 13.0 Å². The van der Waals surface area contributed by atoms with Crippen LogP contribution in [0.5, 0.6) is 0 Å². The molecule has 0 spiro atoms. The van der Waals surface area contributed by atoms with Gasteiger partial charge >= 0.3 is 6.18 Å². The Bertz CT molecular complexity index is 703. The minimum absolute atomic E-state index is 0.239. The lowest BCUT2D eigenvalue weighted by Gasteiger charge is -2.31. The van der Waals surface area contributed by atoms with Crippen molar-refractivity contribution < 1.29 is 17.6 Å². The molecule has 0 aliphatic carbocycles. The molecule has 1 saturated heterocycles. The molecule has 1 aliphatic rings. The van der Waals surface area contributed by atoms with Crippen LogP contribution < -0.4 is 0 Å². The molecule has 0 unspecified atom stereocenters. The number of halogens is 3. The molecule has 0 saturated carbocycles. The van der Waals surface area contributed by atoms with Crippen molar-refractivity contribution in [3.8, 4) is 11.5 Å². The highest BCUT2D eigenvalue weighted by molar-refractivity contribution is 5.55. The fourth-order valence-electron chi connectivity index (χ4n) is 2.74. The van der Waals surface area contributed by atoms with Crippen molar-refractivity contribution in [3.05, 3.63) is 41.3 Å². The SMILES string of the molecule is Cc1oc(-c2cccc(C(F)(F)F)c2)nc1CN1CCN(C)CC1. The summed E-state index contributed by atoms with van der Waals surface area (Å²) in [4.78, 5) is 8.97. The van der Waals surface area contributed by atoms with Gasteiger partial charge in [-0.1, -0.05) is 6.07 Å². The molecule has 0 atom stereocenters. The maximum absolute atomic E-state index is 12.8. The van der Waals surface area contributed by atoms with Gasteiger partial charge in [0.05, 0.1) is 11.3 Å². The number of likely N-dealkylation sites (N-methyl/N-ethyl adjacent to an activating group) is 1. The zero-order valence-electron chi connectivity index (χ0n) is 13.7. The third-order valence-corrected chi connectivity index (χ3v) is 4.30.